The standard InChI is InChI=1S/C12H12ClFN2O3/c13-8-5-7(14)3-4-9(8)15-12(19)16-10(11(17)18)6-1-2-6/h3-6,10H,1-2H2,(H,17,18)(H2,15,16,19). The molecule has 0 spiro atoms. The molecule has 102 valence electrons. The van der Waals surface area contributed by atoms with Crippen LogP contribution >= 0.6 is 11.6 Å². The van der Waals surface area contributed by atoms with Crippen molar-refractivity contribution in [1.29, 1.82) is 0 Å². The number of nitrogens with one attached hydrogen (secondary N) is 2. The smallest absolute Gasteiger partial charge is 0.326 e. The minimum Gasteiger partial charge on any atom is -0.480 e. The zero-order chi connectivity index (χ0) is 14.0. The number of carbonyl (C=O) groups is 2. The quantitative estimate of drug-likeness (QED) is 0.795. The van der Waals surface area contributed by atoms with Crippen molar-refractivity contribution < 1.29 is 19.1 Å². The lowest BCUT2D eigenvalue weighted by molar-refractivity contribution is -0.139. The summed E-state index contributed by atoms with van der Waals surface area (Å²) in [4.78, 5) is 22.6. The van der Waals surface area contributed by atoms with Crippen molar-refractivity contribution in [2.24, 2.45) is 5.92 Å². The van der Waals surface area contributed by atoms with Crippen molar-refractivity contribution >= 4 is 29.3 Å². The predicted octanol–water partition coefficient (Wildman–Crippen LogP) is 2.46. The fourth-order valence-electron chi connectivity index (χ4n) is 1.70. The van der Waals surface area contributed by atoms with E-state index < -0.39 is 23.9 Å². The highest BCUT2D eigenvalue weighted by Gasteiger charge is 2.37. The summed E-state index contributed by atoms with van der Waals surface area (Å²) in [5.74, 6) is -1.60. The number of benzene rings is 1. The van der Waals surface area contributed by atoms with E-state index in [1.807, 2.05) is 0 Å². The number of rotatable bonds is 4. The van der Waals surface area contributed by atoms with Gasteiger partial charge in [0.05, 0.1) is 10.7 Å². The molecule has 1 fully saturated rings. The van der Waals surface area contributed by atoms with E-state index in [1.165, 1.54) is 6.07 Å². The number of anilines is 1. The van der Waals surface area contributed by atoms with Crippen LogP contribution < -0.4 is 10.6 Å². The highest BCUT2D eigenvalue weighted by Crippen LogP contribution is 2.32. The summed E-state index contributed by atoms with van der Waals surface area (Å²) in [7, 11) is 0. The predicted molar refractivity (Wildman–Crippen MR) is 67.7 cm³/mol. The van der Waals surface area contributed by atoms with Gasteiger partial charge in [-0.2, -0.15) is 0 Å². The SMILES string of the molecule is O=C(Nc1ccc(F)cc1Cl)NC(C(=O)O)C1CC1. The van der Waals surface area contributed by atoms with Gasteiger partial charge in [0.1, 0.15) is 11.9 Å². The molecule has 2 rings (SSSR count). The molecule has 1 atom stereocenters. The average molecular weight is 287 g/mol. The molecule has 1 aromatic carbocycles. The van der Waals surface area contributed by atoms with Crippen molar-refractivity contribution in [2.45, 2.75) is 18.9 Å². The number of urea groups is 1. The summed E-state index contributed by atoms with van der Waals surface area (Å²) in [5.41, 5.74) is 0.223. The fraction of sp³-hybridized carbons (Fsp3) is 0.333. The molecule has 1 aliphatic carbocycles. The van der Waals surface area contributed by atoms with Crippen LogP contribution in [0.2, 0.25) is 5.02 Å². The highest BCUT2D eigenvalue weighted by molar-refractivity contribution is 6.33. The lowest BCUT2D eigenvalue weighted by atomic mass is 10.2. The van der Waals surface area contributed by atoms with Crippen molar-refractivity contribution in [2.75, 3.05) is 5.32 Å². The zero-order valence-electron chi connectivity index (χ0n) is 9.82. The second kappa shape index (κ2) is 5.44. The third-order valence-electron chi connectivity index (χ3n) is 2.83. The van der Waals surface area contributed by atoms with E-state index in [4.69, 9.17) is 16.7 Å². The summed E-state index contributed by atoms with van der Waals surface area (Å²) in [6.07, 6.45) is 1.57. The Hall–Kier alpha value is -1.82. The van der Waals surface area contributed by atoms with Gasteiger partial charge in [0, 0.05) is 0 Å². The molecule has 7 heteroatoms. The van der Waals surface area contributed by atoms with E-state index in [2.05, 4.69) is 10.6 Å². The number of carboxylic acids is 1. The number of amides is 2. The van der Waals surface area contributed by atoms with Crippen LogP contribution in [0.3, 0.4) is 0 Å². The Bertz CT molecular complexity index is 520. The first-order valence-corrected chi connectivity index (χ1v) is 6.10. The third kappa shape index (κ3) is 3.57. The Balaban J connectivity index is 1.98. The normalized spacial score (nSPS) is 15.7. The molecule has 0 radical (unpaired) electrons. The van der Waals surface area contributed by atoms with Gasteiger partial charge in [0.15, 0.2) is 0 Å². The number of halogens is 2. The Kier molecular flexibility index (Phi) is 3.90. The molecule has 1 aromatic rings. The Morgan fingerprint density at radius 3 is 2.63 bits per heavy atom. The molecule has 5 nitrogen and oxygen atoms in total. The van der Waals surface area contributed by atoms with Crippen molar-refractivity contribution in [1.82, 2.24) is 5.32 Å². The summed E-state index contributed by atoms with van der Waals surface area (Å²) in [5, 5.41) is 13.8. The molecular formula is C12H12ClFN2O3. The summed E-state index contributed by atoms with van der Waals surface area (Å²) in [6, 6.07) is 1.94. The molecule has 2 amide bonds. The molecule has 3 N–H and O–H groups in total. The van der Waals surface area contributed by atoms with Crippen LogP contribution in [0.25, 0.3) is 0 Å². The van der Waals surface area contributed by atoms with Gasteiger partial charge in [-0.25, -0.2) is 14.0 Å². The number of carbonyl (C=O) groups excluding carboxylic acids is 1. The zero-order valence-corrected chi connectivity index (χ0v) is 10.6. The molecule has 0 aliphatic heterocycles. The lowest BCUT2D eigenvalue weighted by Gasteiger charge is -2.14. The van der Waals surface area contributed by atoms with Gasteiger partial charge in [0.2, 0.25) is 0 Å². The molecule has 0 bridgehead atoms. The first kappa shape index (κ1) is 13.6. The first-order valence-electron chi connectivity index (χ1n) is 5.73. The molecule has 1 aliphatic rings. The molecule has 19 heavy (non-hydrogen) atoms. The lowest BCUT2D eigenvalue weighted by Crippen LogP contribution is -2.44. The van der Waals surface area contributed by atoms with Crippen molar-refractivity contribution in [3.05, 3.63) is 29.0 Å². The van der Waals surface area contributed by atoms with Gasteiger partial charge in [0.25, 0.3) is 0 Å². The van der Waals surface area contributed by atoms with E-state index in [0.29, 0.717) is 0 Å². The molecular weight excluding hydrogens is 275 g/mol. The second-order valence-corrected chi connectivity index (χ2v) is 4.78. The minimum atomic E-state index is -1.07. The first-order chi connectivity index (χ1) is 8.97. The van der Waals surface area contributed by atoms with Crippen LogP contribution in [-0.2, 0) is 4.79 Å². The summed E-state index contributed by atoms with van der Waals surface area (Å²) in [6.45, 7) is 0. The molecule has 0 heterocycles. The van der Waals surface area contributed by atoms with Crippen LogP contribution in [0, 0.1) is 11.7 Å². The second-order valence-electron chi connectivity index (χ2n) is 4.38. The molecule has 1 unspecified atom stereocenters. The van der Waals surface area contributed by atoms with Gasteiger partial charge >= 0.3 is 12.0 Å². The maximum atomic E-state index is 12.8. The minimum absolute atomic E-state index is 0.0214. The summed E-state index contributed by atoms with van der Waals surface area (Å²) >= 11 is 5.75. The molecule has 0 saturated heterocycles. The van der Waals surface area contributed by atoms with Crippen LogP contribution in [-0.4, -0.2) is 23.1 Å². The van der Waals surface area contributed by atoms with Crippen LogP contribution in [0.1, 0.15) is 12.8 Å². The Morgan fingerprint density at radius 1 is 1.42 bits per heavy atom. The van der Waals surface area contributed by atoms with E-state index >= 15 is 0 Å². The van der Waals surface area contributed by atoms with Crippen molar-refractivity contribution in [3.63, 3.8) is 0 Å². The molecule has 0 aromatic heterocycles. The van der Waals surface area contributed by atoms with E-state index in [1.54, 1.807) is 0 Å². The van der Waals surface area contributed by atoms with E-state index in [-0.39, 0.29) is 16.6 Å². The monoisotopic (exact) mass is 286 g/mol. The van der Waals surface area contributed by atoms with Gasteiger partial charge in [-0.3, -0.25) is 0 Å². The topological polar surface area (TPSA) is 78.4 Å². The van der Waals surface area contributed by atoms with E-state index in [0.717, 1.165) is 25.0 Å². The number of hydrogen-bond acceptors (Lipinski definition) is 2. The molecule has 1 saturated carbocycles. The van der Waals surface area contributed by atoms with Crippen LogP contribution in [0.4, 0.5) is 14.9 Å². The number of carboxylic acid groups (broad SMARTS) is 1. The summed E-state index contributed by atoms with van der Waals surface area (Å²) < 4.78 is 12.8. The number of aliphatic carboxylic acids is 1. The van der Waals surface area contributed by atoms with Gasteiger partial charge in [-0.05, 0) is 37.0 Å². The van der Waals surface area contributed by atoms with Crippen molar-refractivity contribution in [3.8, 4) is 0 Å². The Labute approximate surface area is 113 Å². The van der Waals surface area contributed by atoms with Gasteiger partial charge in [-0.15, -0.1) is 0 Å². The van der Waals surface area contributed by atoms with Crippen LogP contribution in [0.5, 0.6) is 0 Å². The highest BCUT2D eigenvalue weighted by atomic mass is 35.5. The van der Waals surface area contributed by atoms with Crippen LogP contribution in [0.15, 0.2) is 18.2 Å². The van der Waals surface area contributed by atoms with Gasteiger partial charge < -0.3 is 15.7 Å². The third-order valence-corrected chi connectivity index (χ3v) is 3.14. The largest absolute Gasteiger partial charge is 0.480 e. The maximum absolute atomic E-state index is 12.8. The average Bonchev–Trinajstić information content (AvgIpc) is 3.13. The van der Waals surface area contributed by atoms with E-state index in [9.17, 15) is 14.0 Å². The fourth-order valence-corrected chi connectivity index (χ4v) is 1.92. The maximum Gasteiger partial charge on any atom is 0.326 e. The number of hydrogen-bond donors (Lipinski definition) is 3. The Morgan fingerprint density at radius 2 is 2.11 bits per heavy atom. The van der Waals surface area contributed by atoms with Gasteiger partial charge in [-0.1, -0.05) is 11.6 Å².